The van der Waals surface area contributed by atoms with Gasteiger partial charge in [0.25, 0.3) is 0 Å². The third-order valence-corrected chi connectivity index (χ3v) is 7.64. The van der Waals surface area contributed by atoms with Crippen molar-refractivity contribution in [2.75, 3.05) is 24.2 Å². The number of aliphatic imine (C=N–C) groups is 1. The first-order valence-electron chi connectivity index (χ1n) is 11.5. The molecular weight excluding hydrogens is 399 g/mol. The molecule has 0 aromatic heterocycles. The Balaban J connectivity index is 1.63. The molecule has 1 heterocycles. The zero-order chi connectivity index (χ0) is 23.1. The zero-order valence-corrected chi connectivity index (χ0v) is 20.0. The van der Waals surface area contributed by atoms with Crippen LogP contribution in [0.3, 0.4) is 0 Å². The van der Waals surface area contributed by atoms with E-state index in [1.807, 2.05) is 24.1 Å². The second kappa shape index (κ2) is 8.27. The van der Waals surface area contributed by atoms with Crippen LogP contribution in [-0.2, 0) is 6.54 Å². The molecule has 1 aliphatic heterocycles. The van der Waals surface area contributed by atoms with Crippen LogP contribution in [0.5, 0.6) is 0 Å². The van der Waals surface area contributed by atoms with Crippen LogP contribution in [0.1, 0.15) is 55.4 Å². The van der Waals surface area contributed by atoms with Gasteiger partial charge in [0.1, 0.15) is 5.67 Å². The lowest BCUT2D eigenvalue weighted by molar-refractivity contribution is -0.0880. The van der Waals surface area contributed by atoms with Gasteiger partial charge in [0.05, 0.1) is 12.2 Å². The van der Waals surface area contributed by atoms with Gasteiger partial charge in [-0.15, -0.1) is 0 Å². The average molecular weight is 435 g/mol. The van der Waals surface area contributed by atoms with E-state index < -0.39 is 5.67 Å². The zero-order valence-electron chi connectivity index (χ0n) is 20.0. The van der Waals surface area contributed by atoms with E-state index in [0.717, 1.165) is 47.0 Å². The molecule has 2 aromatic rings. The number of aryl methyl sites for hydroxylation is 2. The van der Waals surface area contributed by atoms with Crippen molar-refractivity contribution in [1.29, 1.82) is 0 Å². The van der Waals surface area contributed by atoms with Crippen molar-refractivity contribution in [1.82, 2.24) is 4.90 Å². The van der Waals surface area contributed by atoms with Gasteiger partial charge in [0, 0.05) is 36.0 Å². The van der Waals surface area contributed by atoms with Gasteiger partial charge in [-0.2, -0.15) is 0 Å². The van der Waals surface area contributed by atoms with Crippen molar-refractivity contribution in [3.63, 3.8) is 0 Å². The number of fused-ring (bicyclic) bond motifs is 1. The molecule has 0 radical (unpaired) electrons. The maximum absolute atomic E-state index is 15.0. The van der Waals surface area contributed by atoms with Crippen molar-refractivity contribution < 1.29 is 4.39 Å². The number of rotatable bonds is 6. The van der Waals surface area contributed by atoms with Crippen LogP contribution in [0.2, 0.25) is 0 Å². The summed E-state index contributed by atoms with van der Waals surface area (Å²) in [5.41, 5.74) is 6.19. The minimum Gasteiger partial charge on any atom is -0.381 e. The third-order valence-electron chi connectivity index (χ3n) is 7.64. The summed E-state index contributed by atoms with van der Waals surface area (Å²) in [5.74, 6) is 0.735. The van der Waals surface area contributed by atoms with Crippen molar-refractivity contribution >= 4 is 23.0 Å². The lowest BCUT2D eigenvalue weighted by Gasteiger charge is -2.52. The number of hydrogen-bond donors (Lipinski definition) is 2. The lowest BCUT2D eigenvalue weighted by atomic mass is 9.57. The molecule has 2 N–H and O–H groups in total. The Hall–Kier alpha value is -2.82. The molecular formula is C27H35FN4. The topological polar surface area (TPSA) is 39.7 Å². The highest BCUT2D eigenvalue weighted by Crippen LogP contribution is 2.55. The summed E-state index contributed by atoms with van der Waals surface area (Å²) in [6.07, 6.45) is 2.31. The Morgan fingerprint density at radius 1 is 1.22 bits per heavy atom. The van der Waals surface area contributed by atoms with Gasteiger partial charge < -0.3 is 15.5 Å². The van der Waals surface area contributed by atoms with Crippen molar-refractivity contribution in [2.24, 2.45) is 10.4 Å². The fraction of sp³-hybridized carbons (Fsp3) is 0.444. The van der Waals surface area contributed by atoms with E-state index in [9.17, 15) is 4.39 Å². The number of halogens is 1. The van der Waals surface area contributed by atoms with Gasteiger partial charge >= 0.3 is 0 Å². The molecule has 2 aromatic carbocycles. The SMILES string of the molecule is C=C1c2cc(C)cc(CNc3ccccc3C)c2NC(=NCC2(CC)CCC2(C)F)N1C. The van der Waals surface area contributed by atoms with Crippen LogP contribution < -0.4 is 10.6 Å². The molecule has 5 heteroatoms. The van der Waals surface area contributed by atoms with E-state index in [4.69, 9.17) is 4.99 Å². The number of alkyl halides is 1. The summed E-state index contributed by atoms with van der Waals surface area (Å²) in [4.78, 5) is 6.86. The second-order valence-corrected chi connectivity index (χ2v) is 9.62. The Kier molecular flexibility index (Phi) is 5.78. The van der Waals surface area contributed by atoms with Crippen LogP contribution >= 0.6 is 0 Å². The number of anilines is 2. The van der Waals surface area contributed by atoms with E-state index in [2.05, 4.69) is 62.2 Å². The second-order valence-electron chi connectivity index (χ2n) is 9.62. The van der Waals surface area contributed by atoms with E-state index in [0.29, 0.717) is 19.5 Å². The van der Waals surface area contributed by atoms with Crippen molar-refractivity contribution in [3.05, 3.63) is 65.2 Å². The van der Waals surface area contributed by atoms with Gasteiger partial charge in [0.15, 0.2) is 0 Å². The van der Waals surface area contributed by atoms with Crippen LogP contribution in [0.4, 0.5) is 15.8 Å². The Bertz CT molecular complexity index is 1070. The number of para-hydroxylation sites is 1. The summed E-state index contributed by atoms with van der Waals surface area (Å²) in [6, 6.07) is 12.7. The predicted octanol–water partition coefficient (Wildman–Crippen LogP) is 6.52. The van der Waals surface area contributed by atoms with Crippen LogP contribution in [0.25, 0.3) is 5.70 Å². The highest BCUT2D eigenvalue weighted by atomic mass is 19.1. The normalized spacial score (nSPS) is 25.9. The van der Waals surface area contributed by atoms with Gasteiger partial charge in [0.2, 0.25) is 5.96 Å². The van der Waals surface area contributed by atoms with Crippen LogP contribution in [-0.4, -0.2) is 30.1 Å². The van der Waals surface area contributed by atoms with Crippen molar-refractivity contribution in [2.45, 2.75) is 59.2 Å². The smallest absolute Gasteiger partial charge is 0.202 e. The molecule has 170 valence electrons. The van der Waals surface area contributed by atoms with Gasteiger partial charge in [-0.25, -0.2) is 4.39 Å². The molecule has 32 heavy (non-hydrogen) atoms. The summed E-state index contributed by atoms with van der Waals surface area (Å²) in [5, 5.41) is 7.12. The molecule has 0 saturated heterocycles. The van der Waals surface area contributed by atoms with Gasteiger partial charge in [-0.3, -0.25) is 4.99 Å². The molecule has 1 saturated carbocycles. The summed E-state index contributed by atoms with van der Waals surface area (Å²) < 4.78 is 15.0. The molecule has 0 amide bonds. The van der Waals surface area contributed by atoms with Crippen LogP contribution in [0, 0.1) is 19.3 Å². The van der Waals surface area contributed by atoms with Gasteiger partial charge in [-0.05, 0) is 68.9 Å². The maximum atomic E-state index is 15.0. The summed E-state index contributed by atoms with van der Waals surface area (Å²) in [7, 11) is 1.97. The van der Waals surface area contributed by atoms with Gasteiger partial charge in [-0.1, -0.05) is 37.8 Å². The molecule has 4 rings (SSSR count). The largest absolute Gasteiger partial charge is 0.381 e. The Morgan fingerprint density at radius 2 is 1.97 bits per heavy atom. The van der Waals surface area contributed by atoms with E-state index in [-0.39, 0.29) is 5.41 Å². The lowest BCUT2D eigenvalue weighted by Crippen LogP contribution is -2.54. The number of benzene rings is 2. The quantitative estimate of drug-likeness (QED) is 0.544. The first-order valence-corrected chi connectivity index (χ1v) is 11.5. The molecule has 0 spiro atoms. The molecule has 4 nitrogen and oxygen atoms in total. The third kappa shape index (κ3) is 3.78. The highest BCUT2D eigenvalue weighted by Gasteiger charge is 2.55. The fourth-order valence-electron chi connectivity index (χ4n) is 4.94. The minimum atomic E-state index is -1.15. The predicted molar refractivity (Wildman–Crippen MR) is 134 cm³/mol. The van der Waals surface area contributed by atoms with Crippen LogP contribution in [0.15, 0.2) is 48.0 Å². The van der Waals surface area contributed by atoms with E-state index in [1.54, 1.807) is 6.92 Å². The molecule has 2 aliphatic rings. The number of nitrogens with zero attached hydrogens (tertiary/aromatic N) is 2. The average Bonchev–Trinajstić information content (AvgIpc) is 2.76. The minimum absolute atomic E-state index is 0.368. The van der Waals surface area contributed by atoms with Crippen molar-refractivity contribution in [3.8, 4) is 0 Å². The van der Waals surface area contributed by atoms with E-state index in [1.165, 1.54) is 11.1 Å². The maximum Gasteiger partial charge on any atom is 0.202 e. The summed E-state index contributed by atoms with van der Waals surface area (Å²) >= 11 is 0. The first kappa shape index (κ1) is 22.4. The number of hydrogen-bond acceptors (Lipinski definition) is 2. The number of nitrogens with one attached hydrogen (secondary N) is 2. The number of guanidine groups is 1. The fourth-order valence-corrected chi connectivity index (χ4v) is 4.94. The first-order chi connectivity index (χ1) is 15.2. The molecule has 0 bridgehead atoms. The van der Waals surface area contributed by atoms with E-state index >= 15 is 0 Å². The Labute approximate surface area is 191 Å². The molecule has 2 unspecified atom stereocenters. The monoisotopic (exact) mass is 434 g/mol. The molecule has 1 fully saturated rings. The Morgan fingerprint density at radius 3 is 2.59 bits per heavy atom. The highest BCUT2D eigenvalue weighted by molar-refractivity contribution is 6.06. The molecule has 2 atom stereocenters. The standard InChI is InChI=1S/C27H35FN4/c1-7-27(13-12-26(27,5)28)17-30-25-31-24-21(16-29-23-11-9-8-10-19(23)3)14-18(2)15-22(24)20(4)32(25)6/h8-11,14-15,29H,4,7,12-13,16-17H2,1-3,5-6H3,(H,30,31). The molecule has 1 aliphatic carbocycles. The summed E-state index contributed by atoms with van der Waals surface area (Å²) in [6.45, 7) is 13.5.